The summed E-state index contributed by atoms with van der Waals surface area (Å²) in [5.41, 5.74) is 3.86. The fraction of sp³-hybridized carbons (Fsp3) is 0.184. The zero-order valence-corrected chi connectivity index (χ0v) is 25.2. The number of hydrogen-bond acceptors (Lipinski definition) is 7. The van der Waals surface area contributed by atoms with Gasteiger partial charge in [-0.25, -0.2) is 4.79 Å². The number of carbonyl (C=O) groups excluding carboxylic acids is 1. The van der Waals surface area contributed by atoms with Crippen molar-refractivity contribution in [2.45, 2.75) is 5.60 Å². The Kier molecular flexibility index (Phi) is 8.82. The molecule has 0 radical (unpaired) electrons. The third kappa shape index (κ3) is 6.00. The summed E-state index contributed by atoms with van der Waals surface area (Å²) < 4.78 is 28.9. The molecule has 0 spiro atoms. The number of fused-ring (bicyclic) bond motifs is 3. The highest BCUT2D eigenvalue weighted by atomic mass is 16.6. The highest BCUT2D eigenvalue weighted by Crippen LogP contribution is 2.47. The first-order chi connectivity index (χ1) is 22.1. The van der Waals surface area contributed by atoms with Crippen LogP contribution in [0, 0.1) is 0 Å². The first kappa shape index (κ1) is 29.9. The Morgan fingerprint density at radius 3 is 2.04 bits per heavy atom. The molecule has 0 saturated heterocycles. The van der Waals surface area contributed by atoms with E-state index >= 15 is 0 Å². The maximum absolute atomic E-state index is 13.5. The second kappa shape index (κ2) is 13.3. The largest absolute Gasteiger partial charge is 0.497 e. The SMILES string of the molecule is COc1ccc(C2(c3ccc(OC)cc3)C=Cc3c(C(=O)OCCOCCO)cc4cc(-c5ccccc5)ccc4c3O2)cc1. The number of hydrogen-bond donors (Lipinski definition) is 1. The van der Waals surface area contributed by atoms with E-state index < -0.39 is 11.6 Å². The van der Waals surface area contributed by atoms with Crippen molar-refractivity contribution in [2.24, 2.45) is 0 Å². The molecular weight excluding hydrogens is 568 g/mol. The lowest BCUT2D eigenvalue weighted by Crippen LogP contribution is -2.34. The summed E-state index contributed by atoms with van der Waals surface area (Å²) in [5.74, 6) is 1.55. The normalized spacial score (nSPS) is 13.1. The molecule has 1 N–H and O–H groups in total. The van der Waals surface area contributed by atoms with Gasteiger partial charge in [0.05, 0.1) is 39.6 Å². The van der Waals surface area contributed by atoms with Crippen molar-refractivity contribution in [2.75, 3.05) is 40.6 Å². The van der Waals surface area contributed by atoms with Crippen molar-refractivity contribution < 1.29 is 33.6 Å². The van der Waals surface area contributed by atoms with Gasteiger partial charge >= 0.3 is 5.97 Å². The molecule has 0 aromatic heterocycles. The Balaban J connectivity index is 1.51. The molecule has 0 atom stereocenters. The molecule has 1 aliphatic heterocycles. The van der Waals surface area contributed by atoms with Crippen molar-refractivity contribution >= 4 is 22.8 Å². The highest BCUT2D eigenvalue weighted by molar-refractivity contribution is 6.05. The predicted octanol–water partition coefficient (Wildman–Crippen LogP) is 7.04. The van der Waals surface area contributed by atoms with Gasteiger partial charge in [0, 0.05) is 22.1 Å². The highest BCUT2D eigenvalue weighted by Gasteiger charge is 2.39. The Labute approximate surface area is 262 Å². The van der Waals surface area contributed by atoms with Crippen molar-refractivity contribution in [1.82, 2.24) is 0 Å². The average molecular weight is 603 g/mol. The summed E-state index contributed by atoms with van der Waals surface area (Å²) in [5, 5.41) is 10.7. The molecule has 7 nitrogen and oxygen atoms in total. The fourth-order valence-electron chi connectivity index (χ4n) is 5.63. The summed E-state index contributed by atoms with van der Waals surface area (Å²) in [7, 11) is 3.27. The maximum Gasteiger partial charge on any atom is 0.338 e. The first-order valence-corrected chi connectivity index (χ1v) is 14.8. The molecule has 6 rings (SSSR count). The van der Waals surface area contributed by atoms with Crippen LogP contribution in [0.2, 0.25) is 0 Å². The number of aliphatic hydroxyl groups is 1. The molecule has 5 aromatic rings. The van der Waals surface area contributed by atoms with Crippen LogP contribution in [0.4, 0.5) is 0 Å². The average Bonchev–Trinajstić information content (AvgIpc) is 3.11. The van der Waals surface area contributed by atoms with Gasteiger partial charge in [-0.05, 0) is 65.1 Å². The number of benzene rings is 5. The summed E-state index contributed by atoms with van der Waals surface area (Å²) >= 11 is 0. The molecule has 0 unspecified atom stereocenters. The van der Waals surface area contributed by atoms with Gasteiger partial charge in [-0.1, -0.05) is 66.7 Å². The van der Waals surface area contributed by atoms with Gasteiger partial charge in [-0.3, -0.25) is 0 Å². The number of carbonyl (C=O) groups is 1. The second-order valence-corrected chi connectivity index (χ2v) is 10.6. The van der Waals surface area contributed by atoms with E-state index in [1.54, 1.807) is 14.2 Å². The van der Waals surface area contributed by atoms with Crippen LogP contribution in [0.5, 0.6) is 17.2 Å². The quantitative estimate of drug-likeness (QED) is 0.128. The van der Waals surface area contributed by atoms with Crippen LogP contribution in [0.15, 0.2) is 109 Å². The van der Waals surface area contributed by atoms with Gasteiger partial charge in [0.1, 0.15) is 23.9 Å². The van der Waals surface area contributed by atoms with Crippen LogP contribution in [0.1, 0.15) is 27.0 Å². The first-order valence-electron chi connectivity index (χ1n) is 14.8. The molecule has 45 heavy (non-hydrogen) atoms. The third-order valence-corrected chi connectivity index (χ3v) is 7.94. The molecule has 5 aromatic carbocycles. The molecule has 1 aliphatic rings. The monoisotopic (exact) mass is 602 g/mol. The molecule has 0 amide bonds. The van der Waals surface area contributed by atoms with Crippen molar-refractivity contribution in [3.05, 3.63) is 131 Å². The molecule has 0 aliphatic carbocycles. The minimum absolute atomic E-state index is 0.0574. The standard InChI is InChI=1S/C38H34O7/c1-41-31-13-9-29(10-14-31)38(30-11-15-32(42-2)16-12-30)19-18-34-35(37(40)44-23-22-43-21-20-39)25-28-24-27(26-6-4-3-5-7-26)8-17-33(28)36(34)45-38/h3-19,24-25,39H,20-23H2,1-2H3. The van der Waals surface area contributed by atoms with E-state index in [9.17, 15) is 4.79 Å². The van der Waals surface area contributed by atoms with Crippen LogP contribution >= 0.6 is 0 Å². The van der Waals surface area contributed by atoms with Crippen LogP contribution in [-0.4, -0.2) is 51.7 Å². The lowest BCUT2D eigenvalue weighted by atomic mass is 9.82. The second-order valence-electron chi connectivity index (χ2n) is 10.6. The van der Waals surface area contributed by atoms with Crippen molar-refractivity contribution in [1.29, 1.82) is 0 Å². The summed E-state index contributed by atoms with van der Waals surface area (Å²) in [4.78, 5) is 13.5. The van der Waals surface area contributed by atoms with Gasteiger partial charge in [0.15, 0.2) is 5.60 Å². The van der Waals surface area contributed by atoms with Crippen LogP contribution < -0.4 is 14.2 Å². The van der Waals surface area contributed by atoms with Crippen molar-refractivity contribution in [3.63, 3.8) is 0 Å². The minimum Gasteiger partial charge on any atom is -0.497 e. The van der Waals surface area contributed by atoms with Gasteiger partial charge in [-0.15, -0.1) is 0 Å². The van der Waals surface area contributed by atoms with E-state index in [0.717, 1.165) is 44.5 Å². The van der Waals surface area contributed by atoms with E-state index in [2.05, 4.69) is 24.3 Å². The molecule has 7 heteroatoms. The third-order valence-electron chi connectivity index (χ3n) is 7.94. The molecule has 0 fully saturated rings. The number of aliphatic hydroxyl groups excluding tert-OH is 1. The van der Waals surface area contributed by atoms with E-state index in [1.165, 1.54) is 0 Å². The van der Waals surface area contributed by atoms with Gasteiger partial charge < -0.3 is 28.8 Å². The number of ether oxygens (including phenoxy) is 5. The molecule has 0 bridgehead atoms. The van der Waals surface area contributed by atoms with E-state index in [-0.39, 0.29) is 26.4 Å². The van der Waals surface area contributed by atoms with Gasteiger partial charge in [0.25, 0.3) is 0 Å². The smallest absolute Gasteiger partial charge is 0.338 e. The Hall–Kier alpha value is -5.11. The zero-order valence-electron chi connectivity index (χ0n) is 25.2. The van der Waals surface area contributed by atoms with E-state index in [4.69, 9.17) is 28.8 Å². The molecule has 228 valence electrons. The summed E-state index contributed by atoms with van der Waals surface area (Å²) in [6.07, 6.45) is 3.92. The minimum atomic E-state index is -1.02. The Morgan fingerprint density at radius 2 is 1.42 bits per heavy atom. The molecule has 0 saturated carbocycles. The topological polar surface area (TPSA) is 83.5 Å². The molecule has 1 heterocycles. The summed E-state index contributed by atoms with van der Waals surface area (Å²) in [6.45, 7) is 0.329. The zero-order chi connectivity index (χ0) is 31.2. The van der Waals surface area contributed by atoms with Gasteiger partial charge in [0.2, 0.25) is 0 Å². The van der Waals surface area contributed by atoms with E-state index in [1.807, 2.05) is 91.0 Å². The van der Waals surface area contributed by atoms with Gasteiger partial charge in [-0.2, -0.15) is 0 Å². The summed E-state index contributed by atoms with van der Waals surface area (Å²) in [6, 6.07) is 33.7. The van der Waals surface area contributed by atoms with E-state index in [0.29, 0.717) is 16.9 Å². The number of esters is 1. The lowest BCUT2D eigenvalue weighted by molar-refractivity contribution is 0.0257. The number of rotatable bonds is 11. The van der Waals surface area contributed by atoms with Crippen LogP contribution in [0.3, 0.4) is 0 Å². The van der Waals surface area contributed by atoms with Crippen LogP contribution in [0.25, 0.3) is 28.0 Å². The van der Waals surface area contributed by atoms with Crippen molar-refractivity contribution in [3.8, 4) is 28.4 Å². The fourth-order valence-corrected chi connectivity index (χ4v) is 5.63. The Morgan fingerprint density at radius 1 is 0.756 bits per heavy atom. The van der Waals surface area contributed by atoms with Crippen LogP contribution in [-0.2, 0) is 15.1 Å². The number of methoxy groups -OCH3 is 2. The maximum atomic E-state index is 13.5. The Bertz CT molecular complexity index is 1760. The lowest BCUT2D eigenvalue weighted by Gasteiger charge is -2.37. The predicted molar refractivity (Wildman–Crippen MR) is 174 cm³/mol. The molecular formula is C38H34O7.